The molecule has 0 N–H and O–H groups in total. The Hall–Kier alpha value is -1.14. The molecule has 2 heterocycles. The predicted octanol–water partition coefficient (Wildman–Crippen LogP) is 3.59. The molecule has 0 unspecified atom stereocenters. The normalized spacial score (nSPS) is 15.2. The Balaban J connectivity index is 1.86. The molecule has 1 aliphatic heterocycles. The van der Waals surface area contributed by atoms with Crippen LogP contribution in [0.15, 0.2) is 23.6 Å². The second kappa shape index (κ2) is 6.32. The summed E-state index contributed by atoms with van der Waals surface area (Å²) in [5.74, 6) is -0.0704. The van der Waals surface area contributed by atoms with Crippen LogP contribution in [0.25, 0.3) is 10.6 Å². The molecular formula is C14H12Cl2N2O2S. The third-order valence-electron chi connectivity index (χ3n) is 3.20. The molecular weight excluding hydrogens is 331 g/mol. The predicted molar refractivity (Wildman–Crippen MR) is 84.3 cm³/mol. The summed E-state index contributed by atoms with van der Waals surface area (Å²) < 4.78 is 5.25. The fourth-order valence-electron chi connectivity index (χ4n) is 2.09. The molecule has 0 spiro atoms. The minimum atomic E-state index is -0.0704. The Morgan fingerprint density at radius 1 is 1.29 bits per heavy atom. The highest BCUT2D eigenvalue weighted by molar-refractivity contribution is 7.13. The summed E-state index contributed by atoms with van der Waals surface area (Å²) in [6, 6.07) is 5.38. The Morgan fingerprint density at radius 3 is 2.81 bits per heavy atom. The summed E-state index contributed by atoms with van der Waals surface area (Å²) in [5.41, 5.74) is 1.18. The van der Waals surface area contributed by atoms with Crippen LogP contribution in [0.2, 0.25) is 10.0 Å². The van der Waals surface area contributed by atoms with Crippen LogP contribution >= 0.6 is 34.5 Å². The average molecular weight is 343 g/mol. The van der Waals surface area contributed by atoms with Gasteiger partial charge in [0.05, 0.1) is 23.3 Å². The molecule has 1 aliphatic rings. The van der Waals surface area contributed by atoms with Crippen LogP contribution in [-0.4, -0.2) is 42.1 Å². The lowest BCUT2D eigenvalue weighted by molar-refractivity contribution is 0.0299. The van der Waals surface area contributed by atoms with Gasteiger partial charge in [0.1, 0.15) is 10.7 Å². The summed E-state index contributed by atoms with van der Waals surface area (Å²) in [5, 5.41) is 3.38. The van der Waals surface area contributed by atoms with E-state index in [4.69, 9.17) is 27.9 Å². The van der Waals surface area contributed by atoms with Gasteiger partial charge in [0.15, 0.2) is 0 Å². The number of amides is 1. The lowest BCUT2D eigenvalue weighted by Gasteiger charge is -2.25. The van der Waals surface area contributed by atoms with Crippen LogP contribution in [-0.2, 0) is 4.74 Å². The zero-order valence-corrected chi connectivity index (χ0v) is 13.3. The van der Waals surface area contributed by atoms with Gasteiger partial charge >= 0.3 is 0 Å². The molecule has 0 bridgehead atoms. The van der Waals surface area contributed by atoms with Crippen LogP contribution in [0.4, 0.5) is 0 Å². The minimum Gasteiger partial charge on any atom is -0.378 e. The maximum atomic E-state index is 12.4. The fraction of sp³-hybridized carbons (Fsp3) is 0.286. The second-order valence-electron chi connectivity index (χ2n) is 4.54. The van der Waals surface area contributed by atoms with E-state index in [-0.39, 0.29) is 5.91 Å². The molecule has 21 heavy (non-hydrogen) atoms. The van der Waals surface area contributed by atoms with Crippen molar-refractivity contribution in [2.75, 3.05) is 26.3 Å². The maximum Gasteiger partial charge on any atom is 0.273 e. The van der Waals surface area contributed by atoms with Gasteiger partial charge in [-0.1, -0.05) is 35.3 Å². The molecule has 7 heteroatoms. The molecule has 110 valence electrons. The van der Waals surface area contributed by atoms with Crippen LogP contribution in [0.1, 0.15) is 10.5 Å². The standard InChI is InChI=1S/C14H12Cl2N2O2S/c15-10-3-1-2-9(12(10)16)13-17-11(8-21-13)14(19)18-4-6-20-7-5-18/h1-3,8H,4-7H2. The number of rotatable bonds is 2. The number of halogens is 2. The molecule has 0 radical (unpaired) electrons. The van der Waals surface area contributed by atoms with Gasteiger partial charge in [-0.3, -0.25) is 4.79 Å². The molecule has 0 saturated carbocycles. The highest BCUT2D eigenvalue weighted by atomic mass is 35.5. The van der Waals surface area contributed by atoms with Crippen LogP contribution in [0.5, 0.6) is 0 Å². The van der Waals surface area contributed by atoms with Crippen molar-refractivity contribution in [3.8, 4) is 10.6 Å². The van der Waals surface area contributed by atoms with E-state index in [9.17, 15) is 4.79 Å². The number of carbonyl (C=O) groups excluding carboxylic acids is 1. The molecule has 0 aliphatic carbocycles. The van der Waals surface area contributed by atoms with Crippen molar-refractivity contribution in [1.82, 2.24) is 9.88 Å². The number of hydrogen-bond acceptors (Lipinski definition) is 4. The van der Waals surface area contributed by atoms with Crippen molar-refractivity contribution in [1.29, 1.82) is 0 Å². The van der Waals surface area contributed by atoms with Gasteiger partial charge in [0.25, 0.3) is 5.91 Å². The van der Waals surface area contributed by atoms with Crippen molar-refractivity contribution in [3.05, 3.63) is 39.3 Å². The van der Waals surface area contributed by atoms with Gasteiger partial charge in [-0.05, 0) is 6.07 Å². The number of hydrogen-bond donors (Lipinski definition) is 0. The summed E-state index contributed by atoms with van der Waals surface area (Å²) >= 11 is 13.6. The van der Waals surface area contributed by atoms with Gasteiger partial charge in [-0.15, -0.1) is 11.3 Å². The van der Waals surface area contributed by atoms with Crippen molar-refractivity contribution < 1.29 is 9.53 Å². The first-order valence-electron chi connectivity index (χ1n) is 6.44. The van der Waals surface area contributed by atoms with Crippen molar-refractivity contribution in [2.24, 2.45) is 0 Å². The molecule has 1 aromatic heterocycles. The first kappa shape index (κ1) is 14.8. The lowest BCUT2D eigenvalue weighted by Crippen LogP contribution is -2.40. The van der Waals surface area contributed by atoms with Crippen LogP contribution in [0.3, 0.4) is 0 Å². The van der Waals surface area contributed by atoms with E-state index in [1.54, 1.807) is 16.3 Å². The van der Waals surface area contributed by atoms with E-state index in [1.165, 1.54) is 11.3 Å². The zero-order chi connectivity index (χ0) is 14.8. The first-order valence-corrected chi connectivity index (χ1v) is 8.07. The largest absolute Gasteiger partial charge is 0.378 e. The van der Waals surface area contributed by atoms with Crippen molar-refractivity contribution in [2.45, 2.75) is 0 Å². The zero-order valence-electron chi connectivity index (χ0n) is 11.0. The molecule has 2 aromatic rings. The highest BCUT2D eigenvalue weighted by Gasteiger charge is 2.21. The van der Waals surface area contributed by atoms with E-state index in [0.717, 1.165) is 5.56 Å². The molecule has 1 amide bonds. The molecule has 1 aromatic carbocycles. The van der Waals surface area contributed by atoms with E-state index in [1.807, 2.05) is 12.1 Å². The van der Waals surface area contributed by atoms with E-state index < -0.39 is 0 Å². The summed E-state index contributed by atoms with van der Waals surface area (Å²) in [6.45, 7) is 2.35. The van der Waals surface area contributed by atoms with Crippen molar-refractivity contribution in [3.63, 3.8) is 0 Å². The Bertz CT molecular complexity index is 669. The first-order chi connectivity index (χ1) is 10.2. The number of thiazole rings is 1. The number of morpholine rings is 1. The molecule has 1 fully saturated rings. The maximum absolute atomic E-state index is 12.4. The van der Waals surface area contributed by atoms with E-state index in [0.29, 0.717) is 47.1 Å². The van der Waals surface area contributed by atoms with Crippen LogP contribution < -0.4 is 0 Å². The summed E-state index contributed by atoms with van der Waals surface area (Å²) in [7, 11) is 0. The SMILES string of the molecule is O=C(c1csc(-c2cccc(Cl)c2Cl)n1)N1CCOCC1. The Labute approximate surface area is 136 Å². The average Bonchev–Trinajstić information content (AvgIpc) is 3.00. The quantitative estimate of drug-likeness (QED) is 0.837. The third-order valence-corrected chi connectivity index (χ3v) is 4.90. The second-order valence-corrected chi connectivity index (χ2v) is 6.19. The Morgan fingerprint density at radius 2 is 2.05 bits per heavy atom. The summed E-state index contributed by atoms with van der Waals surface area (Å²) in [4.78, 5) is 18.5. The van der Waals surface area contributed by atoms with Crippen molar-refractivity contribution >= 4 is 40.4 Å². The van der Waals surface area contributed by atoms with Crippen LogP contribution in [0, 0.1) is 0 Å². The summed E-state index contributed by atoms with van der Waals surface area (Å²) in [6.07, 6.45) is 0. The number of aromatic nitrogens is 1. The molecule has 4 nitrogen and oxygen atoms in total. The van der Waals surface area contributed by atoms with E-state index >= 15 is 0 Å². The fourth-order valence-corrected chi connectivity index (χ4v) is 3.36. The molecule has 3 rings (SSSR count). The lowest BCUT2D eigenvalue weighted by atomic mass is 10.2. The van der Waals surface area contributed by atoms with Gasteiger partial charge in [0.2, 0.25) is 0 Å². The number of benzene rings is 1. The van der Waals surface area contributed by atoms with Gasteiger partial charge in [0, 0.05) is 24.0 Å². The number of carbonyl (C=O) groups is 1. The smallest absolute Gasteiger partial charge is 0.273 e. The topological polar surface area (TPSA) is 42.4 Å². The third kappa shape index (κ3) is 3.06. The minimum absolute atomic E-state index is 0.0704. The highest BCUT2D eigenvalue weighted by Crippen LogP contribution is 2.35. The number of nitrogens with zero attached hydrogens (tertiary/aromatic N) is 2. The Kier molecular flexibility index (Phi) is 4.45. The van der Waals surface area contributed by atoms with Gasteiger partial charge in [-0.2, -0.15) is 0 Å². The number of ether oxygens (including phenoxy) is 1. The molecule has 0 atom stereocenters. The van der Waals surface area contributed by atoms with Gasteiger partial charge < -0.3 is 9.64 Å². The van der Waals surface area contributed by atoms with Gasteiger partial charge in [-0.25, -0.2) is 4.98 Å². The van der Waals surface area contributed by atoms with E-state index in [2.05, 4.69) is 4.98 Å². The monoisotopic (exact) mass is 342 g/mol. The molecule has 1 saturated heterocycles.